The SMILES string of the molecule is CCCCOC(=O)c1c(-c2ccccc2C(CC)C(=O)O)csc1C. The Hall–Kier alpha value is -2.14. The summed E-state index contributed by atoms with van der Waals surface area (Å²) in [6.07, 6.45) is 2.28. The molecule has 1 atom stereocenters. The largest absolute Gasteiger partial charge is 0.481 e. The van der Waals surface area contributed by atoms with Crippen molar-refractivity contribution in [1.82, 2.24) is 0 Å². The predicted octanol–water partition coefficient (Wildman–Crippen LogP) is 5.26. The van der Waals surface area contributed by atoms with E-state index < -0.39 is 11.9 Å². The number of aryl methyl sites for hydroxylation is 1. The van der Waals surface area contributed by atoms with Gasteiger partial charge in [-0.2, -0.15) is 0 Å². The van der Waals surface area contributed by atoms with Crippen molar-refractivity contribution in [2.24, 2.45) is 0 Å². The van der Waals surface area contributed by atoms with Crippen molar-refractivity contribution in [3.8, 4) is 11.1 Å². The summed E-state index contributed by atoms with van der Waals surface area (Å²) >= 11 is 1.48. The van der Waals surface area contributed by atoms with Gasteiger partial charge in [-0.05, 0) is 36.3 Å². The van der Waals surface area contributed by atoms with Crippen LogP contribution in [0.15, 0.2) is 29.6 Å². The minimum atomic E-state index is -0.853. The average molecular weight is 360 g/mol. The van der Waals surface area contributed by atoms with Crippen LogP contribution in [0.2, 0.25) is 0 Å². The highest BCUT2D eigenvalue weighted by atomic mass is 32.1. The predicted molar refractivity (Wildman–Crippen MR) is 100 cm³/mol. The maximum atomic E-state index is 12.5. The number of hydrogen-bond acceptors (Lipinski definition) is 4. The van der Waals surface area contributed by atoms with Crippen molar-refractivity contribution < 1.29 is 19.4 Å². The molecule has 2 rings (SSSR count). The minimum absolute atomic E-state index is 0.333. The number of carboxylic acids is 1. The second kappa shape index (κ2) is 8.81. The van der Waals surface area contributed by atoms with E-state index in [0.717, 1.165) is 34.4 Å². The quantitative estimate of drug-likeness (QED) is 0.515. The van der Waals surface area contributed by atoms with Gasteiger partial charge >= 0.3 is 11.9 Å². The van der Waals surface area contributed by atoms with Gasteiger partial charge in [-0.1, -0.05) is 44.5 Å². The van der Waals surface area contributed by atoms with Crippen LogP contribution in [0.3, 0.4) is 0 Å². The second-order valence-electron chi connectivity index (χ2n) is 5.96. The molecule has 5 heteroatoms. The number of aliphatic carboxylic acids is 1. The number of carbonyl (C=O) groups is 2. The lowest BCUT2D eigenvalue weighted by Crippen LogP contribution is -2.12. The monoisotopic (exact) mass is 360 g/mol. The third kappa shape index (κ3) is 4.28. The highest BCUT2D eigenvalue weighted by Gasteiger charge is 2.25. The lowest BCUT2D eigenvalue weighted by Gasteiger charge is -2.16. The molecule has 0 radical (unpaired) electrons. The summed E-state index contributed by atoms with van der Waals surface area (Å²) < 4.78 is 5.40. The number of thiophene rings is 1. The molecule has 1 aromatic heterocycles. The topological polar surface area (TPSA) is 63.6 Å². The van der Waals surface area contributed by atoms with Crippen LogP contribution in [0.4, 0.5) is 0 Å². The zero-order valence-corrected chi connectivity index (χ0v) is 15.7. The van der Waals surface area contributed by atoms with E-state index in [4.69, 9.17) is 4.74 Å². The van der Waals surface area contributed by atoms with Crippen LogP contribution in [0.5, 0.6) is 0 Å². The number of benzene rings is 1. The molecule has 1 N–H and O–H groups in total. The average Bonchev–Trinajstić information content (AvgIpc) is 2.97. The summed E-state index contributed by atoms with van der Waals surface area (Å²) in [7, 11) is 0. The first-order valence-electron chi connectivity index (χ1n) is 8.58. The summed E-state index contributed by atoms with van der Waals surface area (Å²) in [5, 5.41) is 11.5. The van der Waals surface area contributed by atoms with Crippen molar-refractivity contribution >= 4 is 23.3 Å². The molecule has 0 aliphatic carbocycles. The molecule has 0 fully saturated rings. The Balaban J connectivity index is 2.47. The van der Waals surface area contributed by atoms with E-state index in [1.54, 1.807) is 0 Å². The Labute approximate surface area is 152 Å². The van der Waals surface area contributed by atoms with E-state index >= 15 is 0 Å². The van der Waals surface area contributed by atoms with Gasteiger partial charge in [0.1, 0.15) is 0 Å². The van der Waals surface area contributed by atoms with Gasteiger partial charge in [-0.25, -0.2) is 4.79 Å². The van der Waals surface area contributed by atoms with E-state index in [0.29, 0.717) is 18.6 Å². The molecule has 25 heavy (non-hydrogen) atoms. The Morgan fingerprint density at radius 2 is 1.92 bits per heavy atom. The highest BCUT2D eigenvalue weighted by Crippen LogP contribution is 2.37. The van der Waals surface area contributed by atoms with Crippen LogP contribution in [0, 0.1) is 6.92 Å². The molecule has 4 nitrogen and oxygen atoms in total. The summed E-state index contributed by atoms with van der Waals surface area (Å²) in [5.41, 5.74) is 2.84. The zero-order valence-electron chi connectivity index (χ0n) is 14.9. The van der Waals surface area contributed by atoms with Crippen molar-refractivity contribution in [2.45, 2.75) is 46.0 Å². The van der Waals surface area contributed by atoms with Crippen LogP contribution >= 0.6 is 11.3 Å². The fourth-order valence-corrected chi connectivity index (χ4v) is 3.71. The third-order valence-electron chi connectivity index (χ3n) is 4.24. The van der Waals surface area contributed by atoms with E-state index in [9.17, 15) is 14.7 Å². The molecule has 0 saturated heterocycles. The summed E-state index contributed by atoms with van der Waals surface area (Å²) in [6.45, 7) is 6.19. The molecule has 134 valence electrons. The molecule has 0 bridgehead atoms. The Morgan fingerprint density at radius 3 is 2.56 bits per heavy atom. The molecule has 0 amide bonds. The van der Waals surface area contributed by atoms with E-state index in [2.05, 4.69) is 0 Å². The number of hydrogen-bond donors (Lipinski definition) is 1. The van der Waals surface area contributed by atoms with Crippen LogP contribution in [0.1, 0.15) is 59.8 Å². The van der Waals surface area contributed by atoms with Gasteiger partial charge in [0, 0.05) is 10.4 Å². The van der Waals surface area contributed by atoms with E-state index in [1.807, 2.05) is 50.4 Å². The number of esters is 1. The summed E-state index contributed by atoms with van der Waals surface area (Å²) in [5.74, 6) is -1.78. The summed E-state index contributed by atoms with van der Waals surface area (Å²) in [4.78, 5) is 25.1. The third-order valence-corrected chi connectivity index (χ3v) is 5.15. The van der Waals surface area contributed by atoms with Crippen LogP contribution in [0.25, 0.3) is 11.1 Å². The number of unbranched alkanes of at least 4 members (excludes halogenated alkanes) is 1. The molecule has 1 heterocycles. The number of rotatable bonds is 8. The van der Waals surface area contributed by atoms with Gasteiger partial charge in [-0.3, -0.25) is 4.79 Å². The highest BCUT2D eigenvalue weighted by molar-refractivity contribution is 7.10. The Bertz CT molecular complexity index is 748. The molecule has 2 aromatic rings. The Morgan fingerprint density at radius 1 is 1.20 bits per heavy atom. The smallest absolute Gasteiger partial charge is 0.339 e. The van der Waals surface area contributed by atoms with Gasteiger partial charge in [0.05, 0.1) is 18.1 Å². The fraction of sp³-hybridized carbons (Fsp3) is 0.400. The van der Waals surface area contributed by atoms with Gasteiger partial charge in [0.2, 0.25) is 0 Å². The lowest BCUT2D eigenvalue weighted by molar-refractivity contribution is -0.138. The van der Waals surface area contributed by atoms with Crippen LogP contribution in [-0.4, -0.2) is 23.7 Å². The maximum Gasteiger partial charge on any atom is 0.339 e. The second-order valence-corrected chi connectivity index (χ2v) is 7.04. The Kier molecular flexibility index (Phi) is 6.76. The summed E-state index contributed by atoms with van der Waals surface area (Å²) in [6, 6.07) is 7.41. The van der Waals surface area contributed by atoms with E-state index in [1.165, 1.54) is 11.3 Å². The van der Waals surface area contributed by atoms with Crippen molar-refractivity contribution in [3.05, 3.63) is 45.6 Å². The number of ether oxygens (including phenoxy) is 1. The lowest BCUT2D eigenvalue weighted by atomic mass is 9.88. The zero-order chi connectivity index (χ0) is 18.4. The van der Waals surface area contributed by atoms with Crippen molar-refractivity contribution in [3.63, 3.8) is 0 Å². The molecular formula is C20H24O4S. The maximum absolute atomic E-state index is 12.5. The van der Waals surface area contributed by atoms with Gasteiger partial charge in [0.25, 0.3) is 0 Å². The van der Waals surface area contributed by atoms with Gasteiger partial charge in [-0.15, -0.1) is 11.3 Å². The fourth-order valence-electron chi connectivity index (χ4n) is 2.86. The molecule has 0 aliphatic heterocycles. The molecule has 0 saturated carbocycles. The normalized spacial score (nSPS) is 12.0. The van der Waals surface area contributed by atoms with E-state index in [-0.39, 0.29) is 5.97 Å². The first-order chi connectivity index (χ1) is 12.0. The molecule has 0 spiro atoms. The van der Waals surface area contributed by atoms with Crippen LogP contribution in [-0.2, 0) is 9.53 Å². The van der Waals surface area contributed by atoms with Gasteiger partial charge in [0.15, 0.2) is 0 Å². The standard InChI is InChI=1S/C20H24O4S/c1-4-6-11-24-20(23)18-13(3)25-12-17(18)16-10-8-7-9-15(16)14(5-2)19(21)22/h7-10,12,14H,4-6,11H2,1-3H3,(H,21,22). The molecule has 1 aromatic carbocycles. The molecular weight excluding hydrogens is 336 g/mol. The number of carboxylic acid groups (broad SMARTS) is 1. The van der Waals surface area contributed by atoms with Crippen molar-refractivity contribution in [2.75, 3.05) is 6.61 Å². The number of carbonyl (C=O) groups excluding carboxylic acids is 1. The van der Waals surface area contributed by atoms with Gasteiger partial charge < -0.3 is 9.84 Å². The molecule has 0 aliphatic rings. The van der Waals surface area contributed by atoms with Crippen LogP contribution < -0.4 is 0 Å². The van der Waals surface area contributed by atoms with Crippen molar-refractivity contribution in [1.29, 1.82) is 0 Å². The molecule has 1 unspecified atom stereocenters. The first kappa shape index (κ1) is 19.2. The minimum Gasteiger partial charge on any atom is -0.481 e. The first-order valence-corrected chi connectivity index (χ1v) is 9.46.